The number of thiophene rings is 1. The van der Waals surface area contributed by atoms with Crippen molar-refractivity contribution < 1.29 is 0 Å². The van der Waals surface area contributed by atoms with E-state index >= 15 is 0 Å². The number of hydrogen-bond acceptors (Lipinski definition) is 4. The summed E-state index contributed by atoms with van der Waals surface area (Å²) in [5, 5.41) is 4.09. The molecule has 0 saturated carbocycles. The number of nitrogens with two attached hydrogens (primary N) is 1. The van der Waals surface area contributed by atoms with E-state index in [9.17, 15) is 0 Å². The summed E-state index contributed by atoms with van der Waals surface area (Å²) in [7, 11) is 0. The van der Waals surface area contributed by atoms with Crippen molar-refractivity contribution in [2.45, 2.75) is 6.04 Å². The molecule has 1 atom stereocenters. The van der Waals surface area contributed by atoms with Gasteiger partial charge in [-0.25, -0.2) is 5.43 Å². The Morgan fingerprint density at radius 2 is 2.33 bits per heavy atom. The third-order valence-corrected chi connectivity index (χ3v) is 3.48. The third kappa shape index (κ3) is 2.26. The van der Waals surface area contributed by atoms with Crippen molar-refractivity contribution in [1.29, 1.82) is 0 Å². The lowest BCUT2D eigenvalue weighted by atomic mass is 10.1. The van der Waals surface area contributed by atoms with Gasteiger partial charge in [0.2, 0.25) is 0 Å². The second-order valence-corrected chi connectivity index (χ2v) is 4.66. The van der Waals surface area contributed by atoms with Crippen LogP contribution in [-0.4, -0.2) is 4.98 Å². The van der Waals surface area contributed by atoms with Gasteiger partial charge in [0, 0.05) is 10.7 Å². The van der Waals surface area contributed by atoms with Gasteiger partial charge >= 0.3 is 0 Å². The zero-order chi connectivity index (χ0) is 10.7. The predicted octanol–water partition coefficient (Wildman–Crippen LogP) is 2.46. The summed E-state index contributed by atoms with van der Waals surface area (Å²) in [6.45, 7) is 0. The van der Waals surface area contributed by atoms with E-state index in [4.69, 9.17) is 5.84 Å². The van der Waals surface area contributed by atoms with Crippen molar-refractivity contribution in [2.24, 2.45) is 5.84 Å². The Bertz CT molecular complexity index is 430. The van der Waals surface area contributed by atoms with Gasteiger partial charge < -0.3 is 0 Å². The lowest BCUT2D eigenvalue weighted by Gasteiger charge is -2.15. The summed E-state index contributed by atoms with van der Waals surface area (Å²) in [4.78, 5) is 4.32. The predicted molar refractivity (Wildman–Crippen MR) is 65.4 cm³/mol. The molecule has 0 saturated heterocycles. The van der Waals surface area contributed by atoms with E-state index in [0.717, 1.165) is 15.7 Å². The number of aromatic nitrogens is 1. The average molecular weight is 284 g/mol. The number of halogens is 1. The minimum Gasteiger partial charge on any atom is -0.271 e. The summed E-state index contributed by atoms with van der Waals surface area (Å²) in [5.74, 6) is 5.56. The van der Waals surface area contributed by atoms with Gasteiger partial charge in [-0.2, -0.15) is 11.3 Å². The molecule has 0 radical (unpaired) electrons. The summed E-state index contributed by atoms with van der Waals surface area (Å²) >= 11 is 5.11. The standard InChI is InChI=1S/C10H10BrN3S/c11-8-2-1-4-13-10(8)9(14-12)7-3-5-15-6-7/h1-6,9,14H,12H2. The normalized spacial score (nSPS) is 12.7. The van der Waals surface area contributed by atoms with E-state index in [1.807, 2.05) is 23.6 Å². The van der Waals surface area contributed by atoms with Crippen LogP contribution in [0.15, 0.2) is 39.6 Å². The fraction of sp³-hybridized carbons (Fsp3) is 0.100. The summed E-state index contributed by atoms with van der Waals surface area (Å²) in [6, 6.07) is 5.82. The van der Waals surface area contributed by atoms with Crippen LogP contribution in [0.5, 0.6) is 0 Å². The van der Waals surface area contributed by atoms with Crippen LogP contribution < -0.4 is 11.3 Å². The van der Waals surface area contributed by atoms with Crippen molar-refractivity contribution in [3.05, 3.63) is 50.9 Å². The molecule has 3 N–H and O–H groups in total. The highest BCUT2D eigenvalue weighted by molar-refractivity contribution is 9.10. The van der Waals surface area contributed by atoms with Gasteiger partial charge in [0.25, 0.3) is 0 Å². The molecule has 0 amide bonds. The van der Waals surface area contributed by atoms with Gasteiger partial charge in [0.15, 0.2) is 0 Å². The van der Waals surface area contributed by atoms with Gasteiger partial charge in [-0.3, -0.25) is 10.8 Å². The van der Waals surface area contributed by atoms with Crippen molar-refractivity contribution in [3.8, 4) is 0 Å². The lowest BCUT2D eigenvalue weighted by molar-refractivity contribution is 0.620. The second kappa shape index (κ2) is 4.85. The zero-order valence-corrected chi connectivity index (χ0v) is 10.3. The minimum atomic E-state index is -0.0631. The van der Waals surface area contributed by atoms with Crippen LogP contribution in [0.1, 0.15) is 17.3 Å². The molecule has 2 heterocycles. The van der Waals surface area contributed by atoms with E-state index in [-0.39, 0.29) is 6.04 Å². The van der Waals surface area contributed by atoms with E-state index in [1.165, 1.54) is 0 Å². The first kappa shape index (κ1) is 10.8. The van der Waals surface area contributed by atoms with Crippen molar-refractivity contribution in [1.82, 2.24) is 10.4 Å². The lowest BCUT2D eigenvalue weighted by Crippen LogP contribution is -2.29. The molecule has 0 fully saturated rings. The number of hydrazine groups is 1. The number of hydrogen-bond donors (Lipinski definition) is 2. The molecule has 0 aliphatic rings. The highest BCUT2D eigenvalue weighted by Gasteiger charge is 2.16. The highest BCUT2D eigenvalue weighted by Crippen LogP contribution is 2.26. The SMILES string of the molecule is NNC(c1ccsc1)c1ncccc1Br. The Balaban J connectivity index is 2.40. The average Bonchev–Trinajstić information content (AvgIpc) is 2.75. The van der Waals surface area contributed by atoms with E-state index < -0.39 is 0 Å². The molecule has 78 valence electrons. The third-order valence-electron chi connectivity index (χ3n) is 2.10. The maximum Gasteiger partial charge on any atom is 0.0900 e. The Labute approximate surface area is 100 Å². The summed E-state index contributed by atoms with van der Waals surface area (Å²) < 4.78 is 0.958. The van der Waals surface area contributed by atoms with Gasteiger partial charge in [0.1, 0.15) is 0 Å². The smallest absolute Gasteiger partial charge is 0.0900 e. The first-order valence-corrected chi connectivity index (χ1v) is 6.15. The fourth-order valence-electron chi connectivity index (χ4n) is 1.38. The Morgan fingerprint density at radius 1 is 1.47 bits per heavy atom. The quantitative estimate of drug-likeness (QED) is 0.672. The van der Waals surface area contributed by atoms with Gasteiger partial charge in [0.05, 0.1) is 11.7 Å². The molecule has 0 spiro atoms. The van der Waals surface area contributed by atoms with Crippen molar-refractivity contribution in [3.63, 3.8) is 0 Å². The molecule has 0 aromatic carbocycles. The fourth-order valence-corrected chi connectivity index (χ4v) is 2.55. The van der Waals surface area contributed by atoms with E-state index in [0.29, 0.717) is 0 Å². The molecule has 0 aliphatic heterocycles. The van der Waals surface area contributed by atoms with Crippen molar-refractivity contribution in [2.75, 3.05) is 0 Å². The largest absolute Gasteiger partial charge is 0.271 e. The molecule has 15 heavy (non-hydrogen) atoms. The molecule has 5 heteroatoms. The van der Waals surface area contributed by atoms with Crippen LogP contribution in [-0.2, 0) is 0 Å². The summed E-state index contributed by atoms with van der Waals surface area (Å²) in [6.07, 6.45) is 1.76. The van der Waals surface area contributed by atoms with Crippen LogP contribution in [0.25, 0.3) is 0 Å². The summed E-state index contributed by atoms with van der Waals surface area (Å²) in [5.41, 5.74) is 4.80. The molecule has 3 nitrogen and oxygen atoms in total. The molecule has 2 aromatic rings. The monoisotopic (exact) mass is 283 g/mol. The van der Waals surface area contributed by atoms with Crippen LogP contribution >= 0.6 is 27.3 Å². The van der Waals surface area contributed by atoms with E-state index in [2.05, 4.69) is 31.7 Å². The van der Waals surface area contributed by atoms with Crippen LogP contribution in [0.4, 0.5) is 0 Å². The van der Waals surface area contributed by atoms with Gasteiger partial charge in [-0.05, 0) is 50.5 Å². The number of pyridine rings is 1. The molecular formula is C10H10BrN3S. The molecular weight excluding hydrogens is 274 g/mol. The maximum absolute atomic E-state index is 5.56. The highest BCUT2D eigenvalue weighted by atomic mass is 79.9. The van der Waals surface area contributed by atoms with Gasteiger partial charge in [-0.1, -0.05) is 0 Å². The number of nitrogens with zero attached hydrogens (tertiary/aromatic N) is 1. The van der Waals surface area contributed by atoms with Crippen LogP contribution in [0.2, 0.25) is 0 Å². The second-order valence-electron chi connectivity index (χ2n) is 3.03. The Kier molecular flexibility index (Phi) is 3.48. The molecule has 1 unspecified atom stereocenters. The van der Waals surface area contributed by atoms with Crippen LogP contribution in [0.3, 0.4) is 0 Å². The first-order chi connectivity index (χ1) is 7.33. The zero-order valence-electron chi connectivity index (χ0n) is 7.85. The molecule has 0 bridgehead atoms. The van der Waals surface area contributed by atoms with Gasteiger partial charge in [-0.15, -0.1) is 0 Å². The Morgan fingerprint density at radius 3 is 2.93 bits per heavy atom. The molecule has 2 rings (SSSR count). The number of nitrogens with one attached hydrogen (secondary N) is 1. The van der Waals surface area contributed by atoms with Crippen molar-refractivity contribution >= 4 is 27.3 Å². The minimum absolute atomic E-state index is 0.0631. The first-order valence-electron chi connectivity index (χ1n) is 4.41. The molecule has 0 aliphatic carbocycles. The Hall–Kier alpha value is -0.750. The molecule has 2 aromatic heterocycles. The number of rotatable bonds is 3. The topological polar surface area (TPSA) is 50.9 Å². The maximum atomic E-state index is 5.56. The van der Waals surface area contributed by atoms with E-state index in [1.54, 1.807) is 17.5 Å². The van der Waals surface area contributed by atoms with Crippen LogP contribution in [0, 0.1) is 0 Å².